The van der Waals surface area contributed by atoms with Crippen LogP contribution in [0.5, 0.6) is 0 Å². The molecule has 0 unspecified atom stereocenters. The molecule has 0 bridgehead atoms. The Hall–Kier alpha value is -7.26. The van der Waals surface area contributed by atoms with Crippen molar-refractivity contribution < 1.29 is 0 Å². The maximum atomic E-state index is 2.45. The summed E-state index contributed by atoms with van der Waals surface area (Å²) in [7, 11) is 0. The van der Waals surface area contributed by atoms with E-state index in [4.69, 9.17) is 0 Å². The predicted molar refractivity (Wildman–Crippen MR) is 251 cm³/mol. The molecule has 1 heterocycles. The molecule has 0 saturated carbocycles. The van der Waals surface area contributed by atoms with Crippen LogP contribution in [0.4, 0.5) is 17.1 Å². The first-order valence-corrected chi connectivity index (χ1v) is 20.7. The summed E-state index contributed by atoms with van der Waals surface area (Å²) < 4.78 is 2.58. The average Bonchev–Trinajstić information content (AvgIpc) is 3.68. The Morgan fingerprint density at radius 2 is 0.793 bits per heavy atom. The molecule has 272 valence electrons. The summed E-state index contributed by atoms with van der Waals surface area (Å²) in [6, 6.07) is 82.0. The van der Waals surface area contributed by atoms with Crippen molar-refractivity contribution in [1.82, 2.24) is 0 Å². The summed E-state index contributed by atoms with van der Waals surface area (Å²) in [5, 5.41) is 7.67. The molecular formula is C56H37NS. The molecule has 2 heteroatoms. The van der Waals surface area contributed by atoms with E-state index in [0.717, 1.165) is 17.1 Å². The van der Waals surface area contributed by atoms with Gasteiger partial charge in [0.25, 0.3) is 0 Å². The lowest BCUT2D eigenvalue weighted by Crippen LogP contribution is -2.11. The first-order valence-electron chi connectivity index (χ1n) is 19.8. The SMILES string of the molecule is c1ccc(-c2ccccc2-c2ccccc2-c2ccccc2N(c2ccc(-c3cc4ccccc4c4ccccc34)cc2)c2ccc3c(c2)sc2ccccc23)cc1. The molecule has 11 rings (SSSR count). The van der Waals surface area contributed by atoms with Crippen molar-refractivity contribution in [2.45, 2.75) is 0 Å². The number of fused-ring (bicyclic) bond motifs is 6. The fourth-order valence-electron chi connectivity index (χ4n) is 8.80. The maximum Gasteiger partial charge on any atom is 0.0540 e. The van der Waals surface area contributed by atoms with Gasteiger partial charge in [0.1, 0.15) is 0 Å². The van der Waals surface area contributed by atoms with Crippen molar-refractivity contribution in [3.05, 3.63) is 224 Å². The number of rotatable bonds is 7. The van der Waals surface area contributed by atoms with Crippen molar-refractivity contribution >= 4 is 70.1 Å². The Balaban J connectivity index is 1.10. The molecule has 11 aromatic rings. The normalized spacial score (nSPS) is 11.4. The van der Waals surface area contributed by atoms with Crippen molar-refractivity contribution in [3.8, 4) is 44.5 Å². The highest BCUT2D eigenvalue weighted by Gasteiger charge is 2.21. The van der Waals surface area contributed by atoms with Crippen LogP contribution in [0.1, 0.15) is 0 Å². The minimum Gasteiger partial charge on any atom is -0.310 e. The van der Waals surface area contributed by atoms with E-state index in [-0.39, 0.29) is 0 Å². The summed E-state index contributed by atoms with van der Waals surface area (Å²) in [4.78, 5) is 2.45. The predicted octanol–water partition coefficient (Wildman–Crippen LogP) is 16.5. The zero-order valence-corrected chi connectivity index (χ0v) is 32.5. The van der Waals surface area contributed by atoms with Gasteiger partial charge in [0, 0.05) is 37.1 Å². The lowest BCUT2D eigenvalue weighted by molar-refractivity contribution is 1.29. The largest absolute Gasteiger partial charge is 0.310 e. The zero-order chi connectivity index (χ0) is 38.4. The molecule has 0 aliphatic rings. The van der Waals surface area contributed by atoms with Gasteiger partial charge in [-0.2, -0.15) is 0 Å². The van der Waals surface area contributed by atoms with E-state index < -0.39 is 0 Å². The number of benzene rings is 10. The fraction of sp³-hybridized carbons (Fsp3) is 0. The lowest BCUT2D eigenvalue weighted by atomic mass is 9.88. The zero-order valence-electron chi connectivity index (χ0n) is 31.7. The smallest absolute Gasteiger partial charge is 0.0540 e. The minimum atomic E-state index is 1.10. The molecule has 0 radical (unpaired) electrons. The maximum absolute atomic E-state index is 2.45. The molecule has 0 atom stereocenters. The molecule has 58 heavy (non-hydrogen) atoms. The van der Waals surface area contributed by atoms with E-state index >= 15 is 0 Å². The Bertz CT molecular complexity index is 3290. The van der Waals surface area contributed by atoms with Crippen LogP contribution in [0.15, 0.2) is 224 Å². The van der Waals surface area contributed by atoms with Crippen LogP contribution in [0.2, 0.25) is 0 Å². The minimum absolute atomic E-state index is 1.10. The number of hydrogen-bond donors (Lipinski definition) is 0. The quantitative estimate of drug-likeness (QED) is 0.146. The van der Waals surface area contributed by atoms with E-state index in [0.29, 0.717) is 0 Å². The highest BCUT2D eigenvalue weighted by molar-refractivity contribution is 7.25. The molecule has 0 spiro atoms. The molecule has 0 aliphatic heterocycles. The van der Waals surface area contributed by atoms with Crippen molar-refractivity contribution in [3.63, 3.8) is 0 Å². The van der Waals surface area contributed by atoms with E-state index in [1.807, 2.05) is 11.3 Å². The molecule has 0 saturated heterocycles. The number of para-hydroxylation sites is 1. The first kappa shape index (κ1) is 34.0. The van der Waals surface area contributed by atoms with Crippen LogP contribution in [0, 0.1) is 0 Å². The van der Waals surface area contributed by atoms with Gasteiger partial charge < -0.3 is 4.90 Å². The number of nitrogens with zero attached hydrogens (tertiary/aromatic N) is 1. The monoisotopic (exact) mass is 755 g/mol. The first-order chi connectivity index (χ1) is 28.8. The van der Waals surface area contributed by atoms with Gasteiger partial charge in [-0.05, 0) is 103 Å². The molecule has 0 fully saturated rings. The Morgan fingerprint density at radius 1 is 0.276 bits per heavy atom. The molecule has 1 aromatic heterocycles. The summed E-state index contributed by atoms with van der Waals surface area (Å²) in [6.45, 7) is 0. The Kier molecular flexibility index (Phi) is 8.42. The molecule has 0 aliphatic carbocycles. The number of thiophene rings is 1. The third kappa shape index (κ3) is 5.86. The van der Waals surface area contributed by atoms with Crippen LogP contribution >= 0.6 is 11.3 Å². The van der Waals surface area contributed by atoms with E-state index in [9.17, 15) is 0 Å². The Morgan fingerprint density at radius 3 is 1.57 bits per heavy atom. The highest BCUT2D eigenvalue weighted by atomic mass is 32.1. The topological polar surface area (TPSA) is 3.24 Å². The second-order valence-electron chi connectivity index (χ2n) is 14.8. The molecule has 10 aromatic carbocycles. The fourth-order valence-corrected chi connectivity index (χ4v) is 9.94. The second kappa shape index (κ2) is 14.4. The van der Waals surface area contributed by atoms with Gasteiger partial charge in [0.15, 0.2) is 0 Å². The van der Waals surface area contributed by atoms with Gasteiger partial charge in [-0.15, -0.1) is 11.3 Å². The third-order valence-electron chi connectivity index (χ3n) is 11.5. The highest BCUT2D eigenvalue weighted by Crippen LogP contribution is 2.47. The van der Waals surface area contributed by atoms with E-state index in [2.05, 4.69) is 229 Å². The van der Waals surface area contributed by atoms with Gasteiger partial charge >= 0.3 is 0 Å². The van der Waals surface area contributed by atoms with Crippen LogP contribution in [-0.2, 0) is 0 Å². The Labute approximate surface area is 342 Å². The van der Waals surface area contributed by atoms with Crippen LogP contribution in [-0.4, -0.2) is 0 Å². The molecule has 1 nitrogen and oxygen atoms in total. The number of anilines is 3. The van der Waals surface area contributed by atoms with Crippen molar-refractivity contribution in [2.75, 3.05) is 4.90 Å². The van der Waals surface area contributed by atoms with Crippen LogP contribution < -0.4 is 4.90 Å². The van der Waals surface area contributed by atoms with E-state index in [1.54, 1.807) is 0 Å². The van der Waals surface area contributed by atoms with Gasteiger partial charge in [-0.1, -0.05) is 182 Å². The van der Waals surface area contributed by atoms with E-state index in [1.165, 1.54) is 86.2 Å². The van der Waals surface area contributed by atoms with Crippen LogP contribution in [0.3, 0.4) is 0 Å². The van der Waals surface area contributed by atoms with Gasteiger partial charge in [-0.25, -0.2) is 0 Å². The molecule has 0 N–H and O–H groups in total. The average molecular weight is 756 g/mol. The van der Waals surface area contributed by atoms with Gasteiger partial charge in [0.2, 0.25) is 0 Å². The summed E-state index contributed by atoms with van der Waals surface area (Å²) >= 11 is 1.86. The summed E-state index contributed by atoms with van der Waals surface area (Å²) in [5.41, 5.74) is 13.0. The van der Waals surface area contributed by atoms with Gasteiger partial charge in [0.05, 0.1) is 5.69 Å². The second-order valence-corrected chi connectivity index (χ2v) is 15.9. The number of hydrogen-bond acceptors (Lipinski definition) is 2. The summed E-state index contributed by atoms with van der Waals surface area (Å²) in [5.74, 6) is 0. The molecule has 0 amide bonds. The van der Waals surface area contributed by atoms with Crippen LogP contribution in [0.25, 0.3) is 86.2 Å². The summed E-state index contributed by atoms with van der Waals surface area (Å²) in [6.07, 6.45) is 0. The molecular weight excluding hydrogens is 719 g/mol. The van der Waals surface area contributed by atoms with Crippen molar-refractivity contribution in [2.24, 2.45) is 0 Å². The van der Waals surface area contributed by atoms with Crippen molar-refractivity contribution in [1.29, 1.82) is 0 Å². The standard InChI is InChI=1S/C56H37NS/c1-2-16-38(17-3-1)43-19-6-7-21-45(43)47-23-9-10-24-48(47)50-26-12-14-28-54(50)57(42-34-35-52-51-27-13-15-29-55(51)58-56(52)37-42)41-32-30-39(31-33-41)53-36-40-18-4-5-20-44(40)46-22-8-11-25-49(46)53/h1-37H. The lowest BCUT2D eigenvalue weighted by Gasteiger charge is -2.29. The van der Waals surface area contributed by atoms with Gasteiger partial charge in [-0.3, -0.25) is 0 Å². The third-order valence-corrected chi connectivity index (χ3v) is 12.6.